The summed E-state index contributed by atoms with van der Waals surface area (Å²) in [5.74, 6) is 0. The Balaban J connectivity index is 2.21. The molecule has 0 bridgehead atoms. The van der Waals surface area contributed by atoms with Crippen LogP contribution < -0.4 is 0 Å². The van der Waals surface area contributed by atoms with E-state index in [2.05, 4.69) is 38.2 Å². The molecule has 0 spiro atoms. The molecule has 0 saturated carbocycles. The molecule has 0 amide bonds. The van der Waals surface area contributed by atoms with Crippen molar-refractivity contribution in [1.29, 1.82) is 0 Å². The Kier molecular flexibility index (Phi) is 7.21. The van der Waals surface area contributed by atoms with Gasteiger partial charge in [-0.1, -0.05) is 38.2 Å². The molecule has 0 aromatic carbocycles. The SMILES string of the molecule is CCCO[Si](OCCC)(C1CC=CCC1)C1CC=CCC1. The van der Waals surface area contributed by atoms with Crippen LogP contribution in [0.4, 0.5) is 0 Å². The first-order valence-corrected chi connectivity index (χ1v) is 10.9. The van der Waals surface area contributed by atoms with Crippen molar-refractivity contribution < 1.29 is 8.85 Å². The van der Waals surface area contributed by atoms with Crippen molar-refractivity contribution in [2.24, 2.45) is 0 Å². The molecule has 3 heteroatoms. The van der Waals surface area contributed by atoms with Crippen LogP contribution in [0.5, 0.6) is 0 Å². The van der Waals surface area contributed by atoms with Crippen molar-refractivity contribution in [3.63, 3.8) is 0 Å². The summed E-state index contributed by atoms with van der Waals surface area (Å²) in [5.41, 5.74) is 1.30. The maximum absolute atomic E-state index is 6.61. The predicted molar refractivity (Wildman–Crippen MR) is 91.7 cm³/mol. The summed E-state index contributed by atoms with van der Waals surface area (Å²) >= 11 is 0. The quantitative estimate of drug-likeness (QED) is 0.435. The fraction of sp³-hybridized carbons (Fsp3) is 0.778. The van der Waals surface area contributed by atoms with Gasteiger partial charge in [-0.3, -0.25) is 0 Å². The van der Waals surface area contributed by atoms with Crippen LogP contribution >= 0.6 is 0 Å². The average Bonchev–Trinajstić information content (AvgIpc) is 2.57. The number of hydrogen-bond donors (Lipinski definition) is 0. The van der Waals surface area contributed by atoms with Gasteiger partial charge in [0.2, 0.25) is 0 Å². The van der Waals surface area contributed by atoms with Crippen LogP contribution in [-0.2, 0) is 8.85 Å². The van der Waals surface area contributed by atoms with Gasteiger partial charge < -0.3 is 8.85 Å². The molecule has 2 atom stereocenters. The van der Waals surface area contributed by atoms with Gasteiger partial charge in [-0.25, -0.2) is 0 Å². The number of allylic oxidation sites excluding steroid dienone is 4. The fourth-order valence-electron chi connectivity index (χ4n) is 3.69. The van der Waals surface area contributed by atoms with Crippen LogP contribution in [0.1, 0.15) is 65.2 Å². The second-order valence-corrected chi connectivity index (χ2v) is 10.0. The highest BCUT2D eigenvalue weighted by Gasteiger charge is 2.51. The third-order valence-corrected chi connectivity index (χ3v) is 9.38. The van der Waals surface area contributed by atoms with Gasteiger partial charge in [-0.15, -0.1) is 0 Å². The monoisotopic (exact) mass is 308 g/mol. The van der Waals surface area contributed by atoms with Gasteiger partial charge in [-0.2, -0.15) is 0 Å². The Morgan fingerprint density at radius 1 is 0.810 bits per heavy atom. The van der Waals surface area contributed by atoms with Crippen molar-refractivity contribution in [2.45, 2.75) is 76.3 Å². The first kappa shape index (κ1) is 17.0. The van der Waals surface area contributed by atoms with Gasteiger partial charge in [0.25, 0.3) is 0 Å². The van der Waals surface area contributed by atoms with Crippen molar-refractivity contribution in [3.05, 3.63) is 24.3 Å². The van der Waals surface area contributed by atoms with E-state index in [1.165, 1.54) is 38.5 Å². The highest BCUT2D eigenvalue weighted by Crippen LogP contribution is 2.47. The van der Waals surface area contributed by atoms with Crippen molar-refractivity contribution in [1.82, 2.24) is 0 Å². The topological polar surface area (TPSA) is 18.5 Å². The van der Waals surface area contributed by atoms with E-state index >= 15 is 0 Å². The van der Waals surface area contributed by atoms with Crippen LogP contribution in [0, 0.1) is 0 Å². The Bertz CT molecular complexity index is 317. The molecular weight excluding hydrogens is 276 g/mol. The molecule has 2 unspecified atom stereocenters. The van der Waals surface area contributed by atoms with Crippen LogP contribution in [0.15, 0.2) is 24.3 Å². The molecule has 120 valence electrons. The zero-order chi connectivity index (χ0) is 15.0. The van der Waals surface area contributed by atoms with Gasteiger partial charge in [0, 0.05) is 24.3 Å². The number of hydrogen-bond acceptors (Lipinski definition) is 2. The smallest absolute Gasteiger partial charge is 0.345 e. The third-order valence-electron chi connectivity index (χ3n) is 4.74. The molecular formula is C18H32O2Si. The second-order valence-electron chi connectivity index (χ2n) is 6.38. The van der Waals surface area contributed by atoms with E-state index < -0.39 is 8.56 Å². The lowest BCUT2D eigenvalue weighted by atomic mass is 10.1. The average molecular weight is 309 g/mol. The van der Waals surface area contributed by atoms with E-state index in [1.807, 2.05) is 0 Å². The lowest BCUT2D eigenvalue weighted by Gasteiger charge is -2.44. The second kappa shape index (κ2) is 8.91. The van der Waals surface area contributed by atoms with Gasteiger partial charge in [0.15, 0.2) is 0 Å². The van der Waals surface area contributed by atoms with Crippen LogP contribution in [0.2, 0.25) is 11.1 Å². The minimum Gasteiger partial charge on any atom is -0.394 e. The lowest BCUT2D eigenvalue weighted by Crippen LogP contribution is -2.52. The molecule has 2 rings (SSSR count). The molecule has 0 aliphatic heterocycles. The van der Waals surface area contributed by atoms with Crippen molar-refractivity contribution >= 4 is 8.56 Å². The van der Waals surface area contributed by atoms with Crippen LogP contribution in [0.3, 0.4) is 0 Å². The maximum atomic E-state index is 6.61. The van der Waals surface area contributed by atoms with Gasteiger partial charge in [0.1, 0.15) is 0 Å². The lowest BCUT2D eigenvalue weighted by molar-refractivity contribution is 0.143. The van der Waals surface area contributed by atoms with Gasteiger partial charge >= 0.3 is 8.56 Å². The standard InChI is InChI=1S/C18H32O2Si/c1-3-15-19-21(20-16-4-2,17-11-7-5-8-12-17)18-13-9-6-10-14-18/h5-7,9,17-18H,3-4,8,10-16H2,1-2H3. The molecule has 0 aromatic rings. The van der Waals surface area contributed by atoms with Gasteiger partial charge in [-0.05, 0) is 51.4 Å². The van der Waals surface area contributed by atoms with E-state index in [-0.39, 0.29) is 0 Å². The Morgan fingerprint density at radius 3 is 1.62 bits per heavy atom. The summed E-state index contributed by atoms with van der Waals surface area (Å²) in [6.45, 7) is 6.16. The Labute approximate surface area is 131 Å². The molecule has 0 N–H and O–H groups in total. The largest absolute Gasteiger partial charge is 0.394 e. The fourth-order valence-corrected chi connectivity index (χ4v) is 8.49. The molecule has 0 fully saturated rings. The minimum atomic E-state index is -2.14. The first-order valence-electron chi connectivity index (χ1n) is 8.91. The molecule has 0 heterocycles. The summed E-state index contributed by atoms with van der Waals surface area (Å²) in [6.07, 6.45) is 18.8. The number of rotatable bonds is 8. The highest BCUT2D eigenvalue weighted by molar-refractivity contribution is 6.70. The molecule has 2 aliphatic carbocycles. The Morgan fingerprint density at radius 2 is 1.29 bits per heavy atom. The summed E-state index contributed by atoms with van der Waals surface area (Å²) < 4.78 is 13.2. The van der Waals surface area contributed by atoms with E-state index in [4.69, 9.17) is 8.85 Å². The molecule has 0 aromatic heterocycles. The van der Waals surface area contributed by atoms with Crippen LogP contribution in [-0.4, -0.2) is 21.8 Å². The molecule has 2 aliphatic rings. The zero-order valence-electron chi connectivity index (χ0n) is 13.9. The summed E-state index contributed by atoms with van der Waals surface area (Å²) in [4.78, 5) is 0. The van der Waals surface area contributed by atoms with Crippen molar-refractivity contribution in [2.75, 3.05) is 13.2 Å². The molecule has 0 saturated heterocycles. The maximum Gasteiger partial charge on any atom is 0.345 e. The zero-order valence-corrected chi connectivity index (χ0v) is 14.9. The summed E-state index contributed by atoms with van der Waals surface area (Å²) in [5, 5.41) is 0. The molecule has 21 heavy (non-hydrogen) atoms. The van der Waals surface area contributed by atoms with Crippen LogP contribution in [0.25, 0.3) is 0 Å². The third kappa shape index (κ3) is 4.30. The van der Waals surface area contributed by atoms with E-state index in [0.29, 0.717) is 11.1 Å². The summed E-state index contributed by atoms with van der Waals surface area (Å²) in [6, 6.07) is 0. The summed E-state index contributed by atoms with van der Waals surface area (Å²) in [7, 11) is -2.14. The van der Waals surface area contributed by atoms with E-state index in [1.54, 1.807) is 0 Å². The first-order chi connectivity index (χ1) is 10.3. The normalized spacial score (nSPS) is 26.2. The molecule has 2 nitrogen and oxygen atoms in total. The highest BCUT2D eigenvalue weighted by atomic mass is 28.4. The van der Waals surface area contributed by atoms with E-state index in [0.717, 1.165) is 26.1 Å². The van der Waals surface area contributed by atoms with E-state index in [9.17, 15) is 0 Å². The predicted octanol–water partition coefficient (Wildman–Crippen LogP) is 5.50. The Hall–Kier alpha value is -0.383. The van der Waals surface area contributed by atoms with Gasteiger partial charge in [0.05, 0.1) is 0 Å². The molecule has 0 radical (unpaired) electrons. The minimum absolute atomic E-state index is 0.650. The van der Waals surface area contributed by atoms with Crippen molar-refractivity contribution in [3.8, 4) is 0 Å².